The zero-order chi connectivity index (χ0) is 11.5. The molecule has 0 atom stereocenters. The molecule has 0 nitrogen and oxygen atoms in total. The molecule has 0 N–H and O–H groups in total. The first-order valence-corrected chi connectivity index (χ1v) is 7.27. The normalized spacial score (nSPS) is 9.78. The Morgan fingerprint density at radius 3 is 1.89 bits per heavy atom. The van der Waals surface area contributed by atoms with E-state index in [0.29, 0.717) is 14.5 Å². The molecule has 1 heterocycles. The van der Waals surface area contributed by atoms with Gasteiger partial charge in [-0.05, 0) is 0 Å². The third-order valence-corrected chi connectivity index (χ3v) is 5.01. The Kier molecular flexibility index (Phi) is 4.70. The number of benzene rings is 2. The Labute approximate surface area is 126 Å². The molecular formula is C16H11LiSe. The van der Waals surface area contributed by atoms with Gasteiger partial charge in [-0.15, -0.1) is 0 Å². The van der Waals surface area contributed by atoms with Crippen LogP contribution >= 0.6 is 0 Å². The van der Waals surface area contributed by atoms with Crippen LogP contribution in [0.5, 0.6) is 0 Å². The number of hydrogen-bond acceptors (Lipinski definition) is 0. The molecule has 0 spiro atoms. The second-order valence-electron chi connectivity index (χ2n) is 3.82. The first-order chi connectivity index (χ1) is 8.43. The standard InChI is InChI=1S/C16H11Se.Li/c1-3-7-13(8-4-1)15-11-12-16(17-15)14-9-5-2-6-10-14;/h1-11H;/q-1;+1. The molecule has 0 fully saturated rings. The quantitative estimate of drug-likeness (QED) is 0.485. The molecule has 2 aromatic carbocycles. The van der Waals surface area contributed by atoms with Crippen molar-refractivity contribution in [3.8, 4) is 20.0 Å². The topological polar surface area (TPSA) is 0 Å². The van der Waals surface area contributed by atoms with Gasteiger partial charge in [-0.3, -0.25) is 0 Å². The first-order valence-electron chi connectivity index (χ1n) is 5.56. The average molecular weight is 289 g/mol. The van der Waals surface area contributed by atoms with Gasteiger partial charge in [0.25, 0.3) is 0 Å². The molecular weight excluding hydrogens is 278 g/mol. The van der Waals surface area contributed by atoms with E-state index in [1.165, 1.54) is 20.0 Å². The third-order valence-electron chi connectivity index (χ3n) is 2.64. The first kappa shape index (κ1) is 13.5. The van der Waals surface area contributed by atoms with Crippen molar-refractivity contribution in [2.75, 3.05) is 0 Å². The molecule has 0 unspecified atom stereocenters. The van der Waals surface area contributed by atoms with Crippen molar-refractivity contribution in [3.63, 3.8) is 0 Å². The summed E-state index contributed by atoms with van der Waals surface area (Å²) in [6.07, 6.45) is 0. The average Bonchev–Trinajstić information content (AvgIpc) is 2.90. The van der Waals surface area contributed by atoms with E-state index in [1.54, 1.807) is 0 Å². The summed E-state index contributed by atoms with van der Waals surface area (Å²) in [6.45, 7) is 0. The Hall–Kier alpha value is -0.963. The molecule has 3 aromatic rings. The second kappa shape index (κ2) is 6.28. The van der Waals surface area contributed by atoms with Crippen LogP contribution in [-0.2, 0) is 0 Å². The molecule has 0 radical (unpaired) electrons. The Morgan fingerprint density at radius 1 is 0.722 bits per heavy atom. The van der Waals surface area contributed by atoms with Crippen LogP contribution in [0.25, 0.3) is 20.0 Å². The predicted molar refractivity (Wildman–Crippen MR) is 73.1 cm³/mol. The fraction of sp³-hybridized carbons (Fsp3) is 0. The van der Waals surface area contributed by atoms with E-state index in [4.69, 9.17) is 0 Å². The molecule has 1 aromatic heterocycles. The van der Waals surface area contributed by atoms with Gasteiger partial charge in [0, 0.05) is 0 Å². The third kappa shape index (κ3) is 2.89. The molecule has 0 amide bonds. The van der Waals surface area contributed by atoms with Crippen LogP contribution in [-0.4, -0.2) is 14.5 Å². The molecule has 82 valence electrons. The Balaban J connectivity index is 0.00000120. The van der Waals surface area contributed by atoms with Gasteiger partial charge in [-0.2, -0.15) is 0 Å². The van der Waals surface area contributed by atoms with Crippen molar-refractivity contribution in [3.05, 3.63) is 72.8 Å². The second-order valence-corrected chi connectivity index (χ2v) is 6.02. The van der Waals surface area contributed by atoms with Gasteiger partial charge in [0.15, 0.2) is 0 Å². The van der Waals surface area contributed by atoms with Gasteiger partial charge in [-0.25, -0.2) is 0 Å². The van der Waals surface area contributed by atoms with Crippen molar-refractivity contribution in [2.24, 2.45) is 0 Å². The zero-order valence-corrected chi connectivity index (χ0v) is 12.0. The van der Waals surface area contributed by atoms with E-state index in [2.05, 4.69) is 72.8 Å². The summed E-state index contributed by atoms with van der Waals surface area (Å²) < 4.78 is 2.76. The zero-order valence-electron chi connectivity index (χ0n) is 10.3. The molecule has 0 saturated carbocycles. The molecule has 2 heteroatoms. The molecule has 0 bridgehead atoms. The summed E-state index contributed by atoms with van der Waals surface area (Å²) in [7, 11) is 0. The monoisotopic (exact) mass is 290 g/mol. The maximum absolute atomic E-state index is 3.40. The molecule has 0 aliphatic heterocycles. The van der Waals surface area contributed by atoms with E-state index in [-0.39, 0.29) is 18.9 Å². The number of hydrogen-bond donors (Lipinski definition) is 0. The molecule has 0 aliphatic rings. The minimum absolute atomic E-state index is 0. The molecule has 0 saturated heterocycles. The van der Waals surface area contributed by atoms with Crippen molar-refractivity contribution < 1.29 is 18.9 Å². The summed E-state index contributed by atoms with van der Waals surface area (Å²) in [5, 5.41) is 0. The van der Waals surface area contributed by atoms with E-state index < -0.39 is 0 Å². The summed E-state index contributed by atoms with van der Waals surface area (Å²) in [6, 6.07) is 26.7. The van der Waals surface area contributed by atoms with Gasteiger partial charge in [0.1, 0.15) is 0 Å². The minimum atomic E-state index is 0. The van der Waals surface area contributed by atoms with E-state index >= 15 is 0 Å². The van der Waals surface area contributed by atoms with Crippen LogP contribution in [0.2, 0.25) is 0 Å². The summed E-state index contributed by atoms with van der Waals surface area (Å²) in [5.41, 5.74) is 2.63. The van der Waals surface area contributed by atoms with Gasteiger partial charge >= 0.3 is 126 Å². The molecule has 18 heavy (non-hydrogen) atoms. The van der Waals surface area contributed by atoms with Crippen LogP contribution in [0, 0.1) is 6.07 Å². The summed E-state index contributed by atoms with van der Waals surface area (Å²) in [5.74, 6) is 0. The molecule has 3 rings (SSSR count). The van der Waals surface area contributed by atoms with Crippen LogP contribution in [0.4, 0.5) is 0 Å². The van der Waals surface area contributed by atoms with Gasteiger partial charge in [0.2, 0.25) is 0 Å². The summed E-state index contributed by atoms with van der Waals surface area (Å²) in [4.78, 5) is 0. The van der Waals surface area contributed by atoms with Crippen molar-refractivity contribution in [2.45, 2.75) is 0 Å². The van der Waals surface area contributed by atoms with Crippen LogP contribution in [0.1, 0.15) is 0 Å². The van der Waals surface area contributed by atoms with Crippen LogP contribution < -0.4 is 18.9 Å². The van der Waals surface area contributed by atoms with E-state index in [9.17, 15) is 0 Å². The van der Waals surface area contributed by atoms with E-state index in [1.807, 2.05) is 0 Å². The SMILES string of the molecule is [Li+].[c-]1cc(-c2ccccc2)[se]c1-c1ccccc1. The Bertz CT molecular complexity index is 545. The maximum atomic E-state index is 3.40. The predicted octanol–water partition coefficient (Wildman–Crippen LogP) is 0.882. The van der Waals surface area contributed by atoms with Gasteiger partial charge in [-0.1, -0.05) is 0 Å². The van der Waals surface area contributed by atoms with Crippen LogP contribution in [0.15, 0.2) is 66.7 Å². The van der Waals surface area contributed by atoms with Crippen molar-refractivity contribution in [1.82, 2.24) is 0 Å². The molecule has 0 aliphatic carbocycles. The van der Waals surface area contributed by atoms with Gasteiger partial charge in [0.05, 0.1) is 0 Å². The fourth-order valence-electron chi connectivity index (χ4n) is 1.78. The van der Waals surface area contributed by atoms with Crippen molar-refractivity contribution in [1.29, 1.82) is 0 Å². The number of rotatable bonds is 2. The fourth-order valence-corrected chi connectivity index (χ4v) is 3.80. The summed E-state index contributed by atoms with van der Waals surface area (Å²) >= 11 is 0.378. The Morgan fingerprint density at radius 2 is 1.28 bits per heavy atom. The van der Waals surface area contributed by atoms with Gasteiger partial charge < -0.3 is 0 Å². The van der Waals surface area contributed by atoms with Crippen LogP contribution in [0.3, 0.4) is 0 Å². The van der Waals surface area contributed by atoms with Crippen molar-refractivity contribution >= 4 is 14.5 Å². The van der Waals surface area contributed by atoms with E-state index in [0.717, 1.165) is 0 Å².